The fraction of sp³-hybridized carbons (Fsp3) is 0.278. The average molecular weight is 469 g/mol. The molecule has 1 amide bonds. The lowest BCUT2D eigenvalue weighted by molar-refractivity contribution is -0.129. The first-order valence-electron chi connectivity index (χ1n) is 8.83. The predicted molar refractivity (Wildman–Crippen MR) is 115 cm³/mol. The van der Waals surface area contributed by atoms with Crippen molar-refractivity contribution in [3.63, 3.8) is 0 Å². The van der Waals surface area contributed by atoms with Gasteiger partial charge in [-0.15, -0.1) is 11.8 Å². The topological polar surface area (TPSA) is 83.5 Å². The first-order chi connectivity index (χ1) is 14.0. The van der Waals surface area contributed by atoms with Crippen LogP contribution in [-0.4, -0.2) is 64.2 Å². The summed E-state index contributed by atoms with van der Waals surface area (Å²) in [7, 11) is -3.69. The molecule has 0 spiro atoms. The van der Waals surface area contributed by atoms with Crippen LogP contribution >= 0.6 is 35.1 Å². The molecule has 0 aliphatic carbocycles. The molecule has 0 radical (unpaired) electrons. The fourth-order valence-corrected chi connectivity index (χ4v) is 6.42. The first-order valence-corrected chi connectivity index (χ1v) is 12.4. The van der Waals surface area contributed by atoms with Crippen molar-refractivity contribution in [2.75, 3.05) is 31.9 Å². The quantitative estimate of drug-likeness (QED) is 0.535. The van der Waals surface area contributed by atoms with Crippen LogP contribution in [0.3, 0.4) is 0 Å². The normalized spacial score (nSPS) is 15.7. The summed E-state index contributed by atoms with van der Waals surface area (Å²) in [6.07, 6.45) is 0. The van der Waals surface area contributed by atoms with E-state index in [0.29, 0.717) is 29.1 Å². The number of nitrogens with zero attached hydrogens (tertiary/aromatic N) is 4. The number of fused-ring (bicyclic) bond motifs is 1. The van der Waals surface area contributed by atoms with Crippen molar-refractivity contribution in [1.29, 1.82) is 0 Å². The molecule has 0 atom stereocenters. The number of thioether (sulfide) groups is 1. The van der Waals surface area contributed by atoms with Gasteiger partial charge in [0, 0.05) is 31.1 Å². The monoisotopic (exact) mass is 468 g/mol. The first kappa shape index (κ1) is 20.5. The smallest absolute Gasteiger partial charge is 0.245 e. The Morgan fingerprint density at radius 3 is 2.59 bits per heavy atom. The minimum Gasteiger partial charge on any atom is -0.339 e. The minimum absolute atomic E-state index is 0.0298. The van der Waals surface area contributed by atoms with Gasteiger partial charge in [-0.1, -0.05) is 29.8 Å². The number of hydrogen-bond donors (Lipinski definition) is 0. The summed E-state index contributed by atoms with van der Waals surface area (Å²) in [5.74, 6) is 0.234. The minimum atomic E-state index is -3.69. The summed E-state index contributed by atoms with van der Waals surface area (Å²) >= 11 is 8.50. The lowest BCUT2D eigenvalue weighted by Gasteiger charge is -2.34. The molecule has 29 heavy (non-hydrogen) atoms. The number of carbonyl (C=O) groups is 1. The molecule has 1 aliphatic heterocycles. The maximum Gasteiger partial charge on any atom is 0.245 e. The molecule has 1 aromatic heterocycles. The third kappa shape index (κ3) is 4.26. The third-order valence-corrected chi connectivity index (χ3v) is 8.62. The molecule has 0 bridgehead atoms. The molecular formula is C18H17ClN4O3S3. The standard InChI is InChI=1S/C18H17ClN4O3S3/c19-13-4-1-2-6-15(13)27-12-17(24)22-8-10-23(11-9-22)29(25,26)16-7-3-5-14-18(16)21-28-20-14/h1-7H,8-12H2. The number of amides is 1. The second-order valence-corrected chi connectivity index (χ2v) is 10.3. The van der Waals surface area contributed by atoms with Gasteiger partial charge in [0.25, 0.3) is 0 Å². The maximum absolute atomic E-state index is 13.1. The van der Waals surface area contributed by atoms with Gasteiger partial charge in [0.2, 0.25) is 15.9 Å². The van der Waals surface area contributed by atoms with E-state index in [4.69, 9.17) is 11.6 Å². The van der Waals surface area contributed by atoms with Crippen LogP contribution in [0.2, 0.25) is 5.02 Å². The van der Waals surface area contributed by atoms with E-state index in [1.807, 2.05) is 18.2 Å². The molecule has 0 unspecified atom stereocenters. The lowest BCUT2D eigenvalue weighted by Crippen LogP contribution is -2.51. The number of carbonyl (C=O) groups excluding carboxylic acids is 1. The van der Waals surface area contributed by atoms with Gasteiger partial charge in [0.15, 0.2) is 0 Å². The van der Waals surface area contributed by atoms with Gasteiger partial charge < -0.3 is 4.90 Å². The molecular weight excluding hydrogens is 452 g/mol. The van der Waals surface area contributed by atoms with Crippen molar-refractivity contribution in [1.82, 2.24) is 18.0 Å². The molecule has 2 aromatic carbocycles. The van der Waals surface area contributed by atoms with E-state index < -0.39 is 10.0 Å². The van der Waals surface area contributed by atoms with E-state index in [0.717, 1.165) is 16.6 Å². The Morgan fingerprint density at radius 2 is 1.83 bits per heavy atom. The predicted octanol–water partition coefficient (Wildman–Crippen LogP) is 2.97. The Hall–Kier alpha value is -1.72. The van der Waals surface area contributed by atoms with Crippen molar-refractivity contribution < 1.29 is 13.2 Å². The molecule has 152 valence electrons. The number of hydrogen-bond acceptors (Lipinski definition) is 7. The van der Waals surface area contributed by atoms with Crippen LogP contribution in [0.15, 0.2) is 52.3 Å². The Labute approximate surface area is 182 Å². The van der Waals surface area contributed by atoms with Crippen LogP contribution in [0.4, 0.5) is 0 Å². The summed E-state index contributed by atoms with van der Waals surface area (Å²) in [4.78, 5) is 15.2. The molecule has 0 N–H and O–H groups in total. The number of sulfonamides is 1. The number of piperazine rings is 1. The summed E-state index contributed by atoms with van der Waals surface area (Å²) in [5.41, 5.74) is 0.966. The highest BCUT2D eigenvalue weighted by atomic mass is 35.5. The van der Waals surface area contributed by atoms with Crippen molar-refractivity contribution in [2.24, 2.45) is 0 Å². The third-order valence-electron chi connectivity index (χ3n) is 4.65. The highest BCUT2D eigenvalue weighted by molar-refractivity contribution is 8.00. The van der Waals surface area contributed by atoms with Crippen LogP contribution in [-0.2, 0) is 14.8 Å². The molecule has 0 saturated carbocycles. The molecule has 7 nitrogen and oxygen atoms in total. The highest BCUT2D eigenvalue weighted by Crippen LogP contribution is 2.28. The molecule has 3 aromatic rings. The second kappa shape index (κ2) is 8.57. The van der Waals surface area contributed by atoms with Gasteiger partial charge >= 0.3 is 0 Å². The Kier molecular flexibility index (Phi) is 6.07. The lowest BCUT2D eigenvalue weighted by atomic mass is 10.3. The Bertz CT molecular complexity index is 1140. The Morgan fingerprint density at radius 1 is 1.07 bits per heavy atom. The largest absolute Gasteiger partial charge is 0.339 e. The molecule has 2 heterocycles. The molecule has 1 fully saturated rings. The van der Waals surface area contributed by atoms with E-state index in [-0.39, 0.29) is 29.6 Å². The van der Waals surface area contributed by atoms with E-state index in [9.17, 15) is 13.2 Å². The van der Waals surface area contributed by atoms with Crippen LogP contribution in [0, 0.1) is 0 Å². The number of rotatable bonds is 5. The van der Waals surface area contributed by atoms with E-state index >= 15 is 0 Å². The van der Waals surface area contributed by atoms with Crippen molar-refractivity contribution >= 4 is 62.1 Å². The van der Waals surface area contributed by atoms with Crippen LogP contribution < -0.4 is 0 Å². The molecule has 4 rings (SSSR count). The Balaban J connectivity index is 1.39. The zero-order valence-electron chi connectivity index (χ0n) is 15.2. The van der Waals surface area contributed by atoms with E-state index in [1.54, 1.807) is 29.2 Å². The van der Waals surface area contributed by atoms with Crippen LogP contribution in [0.25, 0.3) is 11.0 Å². The summed E-state index contributed by atoms with van der Waals surface area (Å²) < 4.78 is 35.8. The van der Waals surface area contributed by atoms with Gasteiger partial charge in [0.1, 0.15) is 15.9 Å². The molecule has 1 saturated heterocycles. The molecule has 11 heteroatoms. The van der Waals surface area contributed by atoms with E-state index in [2.05, 4.69) is 8.75 Å². The zero-order chi connectivity index (χ0) is 20.4. The van der Waals surface area contributed by atoms with Gasteiger partial charge in [-0.25, -0.2) is 8.42 Å². The summed E-state index contributed by atoms with van der Waals surface area (Å²) in [6, 6.07) is 12.3. The van der Waals surface area contributed by atoms with Crippen LogP contribution in [0.5, 0.6) is 0 Å². The average Bonchev–Trinajstić information content (AvgIpc) is 3.22. The number of halogens is 1. The number of benzene rings is 2. The van der Waals surface area contributed by atoms with Crippen molar-refractivity contribution in [3.05, 3.63) is 47.5 Å². The van der Waals surface area contributed by atoms with Crippen molar-refractivity contribution in [2.45, 2.75) is 9.79 Å². The van der Waals surface area contributed by atoms with Gasteiger partial charge in [-0.2, -0.15) is 13.1 Å². The maximum atomic E-state index is 13.1. The highest BCUT2D eigenvalue weighted by Gasteiger charge is 2.31. The second-order valence-electron chi connectivity index (χ2n) is 6.39. The van der Waals surface area contributed by atoms with Crippen molar-refractivity contribution in [3.8, 4) is 0 Å². The van der Waals surface area contributed by atoms with Gasteiger partial charge in [-0.05, 0) is 24.3 Å². The van der Waals surface area contributed by atoms with Gasteiger partial charge in [-0.3, -0.25) is 4.79 Å². The fourth-order valence-electron chi connectivity index (χ4n) is 3.10. The zero-order valence-corrected chi connectivity index (χ0v) is 18.4. The van der Waals surface area contributed by atoms with E-state index in [1.165, 1.54) is 16.1 Å². The summed E-state index contributed by atoms with van der Waals surface area (Å²) in [5, 5.41) is 0.618. The van der Waals surface area contributed by atoms with Gasteiger partial charge in [0.05, 0.1) is 22.5 Å². The van der Waals surface area contributed by atoms with Crippen LogP contribution in [0.1, 0.15) is 0 Å². The number of aromatic nitrogens is 2. The SMILES string of the molecule is O=C(CSc1ccccc1Cl)N1CCN(S(=O)(=O)c2cccc3nsnc23)CC1. The summed E-state index contributed by atoms with van der Waals surface area (Å²) in [6.45, 7) is 1.20. The molecule has 1 aliphatic rings.